The molecule has 2 aromatic carbocycles. The zero-order valence-corrected chi connectivity index (χ0v) is 19.2. The molecule has 2 amide bonds. The van der Waals surface area contributed by atoms with Crippen LogP contribution in [0.2, 0.25) is 5.02 Å². The minimum absolute atomic E-state index is 0.207. The van der Waals surface area contributed by atoms with Crippen LogP contribution >= 0.6 is 23.4 Å². The second-order valence-corrected chi connectivity index (χ2v) is 8.13. The van der Waals surface area contributed by atoms with Crippen molar-refractivity contribution in [1.29, 1.82) is 0 Å². The Morgan fingerprint density at radius 3 is 2.53 bits per heavy atom. The van der Waals surface area contributed by atoms with E-state index in [0.717, 1.165) is 10.5 Å². The van der Waals surface area contributed by atoms with E-state index in [2.05, 4.69) is 15.6 Å². The number of ether oxygens (including phenoxy) is 1. The molecule has 0 saturated heterocycles. The fraction of sp³-hybridized carbons (Fsp3) is 0.174. The Balaban J connectivity index is 1.87. The fourth-order valence-corrected chi connectivity index (χ4v) is 3.44. The highest BCUT2D eigenvalue weighted by atomic mass is 35.5. The van der Waals surface area contributed by atoms with Crippen LogP contribution < -0.4 is 21.1 Å². The predicted octanol–water partition coefficient (Wildman–Crippen LogP) is 4.61. The number of nitrogens with two attached hydrogens (primary N) is 1. The molecule has 0 unspecified atom stereocenters. The summed E-state index contributed by atoms with van der Waals surface area (Å²) in [6, 6.07) is 13.5. The van der Waals surface area contributed by atoms with Gasteiger partial charge < -0.3 is 21.1 Å². The first-order valence-corrected chi connectivity index (χ1v) is 11.4. The van der Waals surface area contributed by atoms with Crippen LogP contribution in [0.5, 0.6) is 5.75 Å². The quantitative estimate of drug-likeness (QED) is 0.415. The van der Waals surface area contributed by atoms with Gasteiger partial charge in [-0.3, -0.25) is 9.59 Å². The van der Waals surface area contributed by atoms with Crippen molar-refractivity contribution in [3.63, 3.8) is 0 Å². The molecule has 0 fully saturated rings. The largest absolute Gasteiger partial charge is 0.491 e. The summed E-state index contributed by atoms with van der Waals surface area (Å²) in [5.74, 6) is -0.0578. The predicted molar refractivity (Wildman–Crippen MR) is 129 cm³/mol. The molecule has 0 bridgehead atoms. The van der Waals surface area contributed by atoms with Crippen molar-refractivity contribution < 1.29 is 14.3 Å². The number of nitrogens with zero attached hydrogens (tertiary/aromatic N) is 1. The Kier molecular flexibility index (Phi) is 8.10. The minimum Gasteiger partial charge on any atom is -0.491 e. The number of amides is 2. The Bertz CT molecular complexity index is 1120. The SMILES string of the molecule is CSc1ccc(C(=O)Nc2ccc(Cl)cc2C(=O)Nc2ccc(C)cn2)c(OCCN)c1. The van der Waals surface area contributed by atoms with Crippen LogP contribution in [0.15, 0.2) is 59.6 Å². The highest BCUT2D eigenvalue weighted by molar-refractivity contribution is 7.98. The summed E-state index contributed by atoms with van der Waals surface area (Å²) in [5, 5.41) is 5.87. The number of aromatic nitrogens is 1. The zero-order chi connectivity index (χ0) is 23.1. The maximum Gasteiger partial charge on any atom is 0.259 e. The summed E-state index contributed by atoms with van der Waals surface area (Å²) in [6.07, 6.45) is 3.58. The number of hydrogen-bond donors (Lipinski definition) is 3. The Labute approximate surface area is 195 Å². The Morgan fingerprint density at radius 1 is 1.06 bits per heavy atom. The molecule has 166 valence electrons. The number of rotatable bonds is 8. The highest BCUT2D eigenvalue weighted by Crippen LogP contribution is 2.28. The Morgan fingerprint density at radius 2 is 1.84 bits per heavy atom. The third kappa shape index (κ3) is 6.00. The molecule has 7 nitrogen and oxygen atoms in total. The molecule has 4 N–H and O–H groups in total. The van der Waals surface area contributed by atoms with Gasteiger partial charge in [0.1, 0.15) is 18.2 Å². The molecule has 0 atom stereocenters. The van der Waals surface area contributed by atoms with Crippen LogP contribution in [-0.4, -0.2) is 36.2 Å². The van der Waals surface area contributed by atoms with E-state index in [-0.39, 0.29) is 12.2 Å². The summed E-state index contributed by atoms with van der Waals surface area (Å²) in [4.78, 5) is 31.1. The monoisotopic (exact) mass is 470 g/mol. The van der Waals surface area contributed by atoms with Gasteiger partial charge in [-0.1, -0.05) is 17.7 Å². The van der Waals surface area contributed by atoms with Crippen molar-refractivity contribution in [2.75, 3.05) is 30.0 Å². The summed E-state index contributed by atoms with van der Waals surface area (Å²) in [6.45, 7) is 2.50. The van der Waals surface area contributed by atoms with Crippen molar-refractivity contribution in [2.45, 2.75) is 11.8 Å². The van der Waals surface area contributed by atoms with Crippen molar-refractivity contribution in [2.24, 2.45) is 5.73 Å². The lowest BCUT2D eigenvalue weighted by atomic mass is 10.1. The van der Waals surface area contributed by atoms with Gasteiger partial charge in [0, 0.05) is 22.7 Å². The third-order valence-corrected chi connectivity index (χ3v) is 5.40. The van der Waals surface area contributed by atoms with Crippen LogP contribution in [-0.2, 0) is 0 Å². The van der Waals surface area contributed by atoms with Crippen LogP contribution in [0.25, 0.3) is 0 Å². The maximum absolute atomic E-state index is 13.0. The summed E-state index contributed by atoms with van der Waals surface area (Å²) in [5.41, 5.74) is 7.36. The van der Waals surface area contributed by atoms with Gasteiger partial charge in [-0.15, -0.1) is 11.8 Å². The molecule has 1 heterocycles. The first-order valence-electron chi connectivity index (χ1n) is 9.77. The second-order valence-electron chi connectivity index (χ2n) is 6.82. The molecule has 1 aromatic heterocycles. The summed E-state index contributed by atoms with van der Waals surface area (Å²) >= 11 is 7.65. The van der Waals surface area contributed by atoms with E-state index in [1.54, 1.807) is 36.5 Å². The summed E-state index contributed by atoms with van der Waals surface area (Å²) < 4.78 is 5.67. The molecule has 0 saturated carbocycles. The average molecular weight is 471 g/mol. The van der Waals surface area contributed by atoms with E-state index in [4.69, 9.17) is 22.1 Å². The minimum atomic E-state index is -0.448. The molecule has 0 radical (unpaired) electrons. The van der Waals surface area contributed by atoms with Crippen molar-refractivity contribution in [3.8, 4) is 5.75 Å². The average Bonchev–Trinajstić information content (AvgIpc) is 2.80. The van der Waals surface area contributed by atoms with E-state index >= 15 is 0 Å². The van der Waals surface area contributed by atoms with E-state index in [0.29, 0.717) is 34.4 Å². The van der Waals surface area contributed by atoms with Gasteiger partial charge in [-0.05, 0) is 61.2 Å². The first kappa shape index (κ1) is 23.6. The molecule has 0 aliphatic heterocycles. The van der Waals surface area contributed by atoms with Crippen LogP contribution in [0.3, 0.4) is 0 Å². The van der Waals surface area contributed by atoms with Gasteiger partial charge in [-0.25, -0.2) is 4.98 Å². The fourth-order valence-electron chi connectivity index (χ4n) is 2.83. The van der Waals surface area contributed by atoms with Gasteiger partial charge >= 0.3 is 0 Å². The number of carbonyl (C=O) groups is 2. The normalized spacial score (nSPS) is 10.5. The molecule has 32 heavy (non-hydrogen) atoms. The maximum atomic E-state index is 13.0. The molecule has 0 spiro atoms. The molecular formula is C23H23ClN4O3S. The van der Waals surface area contributed by atoms with E-state index < -0.39 is 11.8 Å². The number of nitrogens with one attached hydrogen (secondary N) is 2. The number of benzene rings is 2. The van der Waals surface area contributed by atoms with E-state index in [1.807, 2.05) is 25.3 Å². The van der Waals surface area contributed by atoms with Crippen molar-refractivity contribution >= 4 is 46.7 Å². The second kappa shape index (κ2) is 11.0. The topological polar surface area (TPSA) is 106 Å². The summed E-state index contributed by atoms with van der Waals surface area (Å²) in [7, 11) is 0. The smallest absolute Gasteiger partial charge is 0.259 e. The van der Waals surface area contributed by atoms with E-state index in [1.165, 1.54) is 17.8 Å². The van der Waals surface area contributed by atoms with Gasteiger partial charge in [0.05, 0.1) is 16.8 Å². The van der Waals surface area contributed by atoms with Crippen molar-refractivity contribution in [1.82, 2.24) is 4.98 Å². The standard InChI is InChI=1S/C23H23ClN4O3S/c1-14-3-8-21(26-13-14)28-23(30)18-11-15(24)4-7-19(18)27-22(29)17-6-5-16(32-2)12-20(17)31-10-9-25/h3-8,11-13H,9-10,25H2,1-2H3,(H,27,29)(H,26,28,30). The zero-order valence-electron chi connectivity index (χ0n) is 17.6. The van der Waals surface area contributed by atoms with E-state index in [9.17, 15) is 9.59 Å². The first-order chi connectivity index (χ1) is 15.4. The van der Waals surface area contributed by atoms with Crippen molar-refractivity contribution in [3.05, 3.63) is 76.4 Å². The lowest BCUT2D eigenvalue weighted by Gasteiger charge is -2.15. The highest BCUT2D eigenvalue weighted by Gasteiger charge is 2.18. The van der Waals surface area contributed by atoms with Gasteiger partial charge in [0.15, 0.2) is 0 Å². The molecule has 3 rings (SSSR count). The number of pyridine rings is 1. The molecule has 0 aliphatic carbocycles. The lowest BCUT2D eigenvalue weighted by molar-refractivity contribution is 0.102. The molecule has 9 heteroatoms. The number of hydrogen-bond acceptors (Lipinski definition) is 6. The number of anilines is 2. The molecule has 3 aromatic rings. The van der Waals surface area contributed by atoms with Crippen LogP contribution in [0.4, 0.5) is 11.5 Å². The van der Waals surface area contributed by atoms with Gasteiger partial charge in [0.2, 0.25) is 0 Å². The lowest BCUT2D eigenvalue weighted by Crippen LogP contribution is -2.20. The molecule has 0 aliphatic rings. The third-order valence-electron chi connectivity index (χ3n) is 4.44. The number of carbonyl (C=O) groups excluding carboxylic acids is 2. The number of aryl methyl sites for hydroxylation is 1. The van der Waals surface area contributed by atoms with Crippen LogP contribution in [0.1, 0.15) is 26.3 Å². The Hall–Kier alpha value is -3.07. The molecular weight excluding hydrogens is 448 g/mol. The van der Waals surface area contributed by atoms with Gasteiger partial charge in [-0.2, -0.15) is 0 Å². The number of halogens is 1. The number of thioether (sulfide) groups is 1. The van der Waals surface area contributed by atoms with Gasteiger partial charge in [0.25, 0.3) is 11.8 Å². The van der Waals surface area contributed by atoms with Crippen LogP contribution in [0, 0.1) is 6.92 Å².